The normalized spacial score (nSPS) is 11.6. The maximum absolute atomic E-state index is 12.7. The van der Waals surface area contributed by atoms with Crippen LogP contribution in [0, 0.1) is 0 Å². The molecule has 7 heteroatoms. The number of anilines is 1. The van der Waals surface area contributed by atoms with Gasteiger partial charge in [0, 0.05) is 15.6 Å². The van der Waals surface area contributed by atoms with Crippen LogP contribution in [-0.2, 0) is 6.18 Å². The second kappa shape index (κ2) is 4.90. The van der Waals surface area contributed by atoms with Crippen molar-refractivity contribution in [1.29, 1.82) is 0 Å². The summed E-state index contributed by atoms with van der Waals surface area (Å²) >= 11 is 11.6. The van der Waals surface area contributed by atoms with Gasteiger partial charge in [0.05, 0.1) is 11.3 Å². The Hall–Kier alpha value is -1.46. The molecule has 0 saturated carbocycles. The molecule has 2 N–H and O–H groups in total. The van der Waals surface area contributed by atoms with E-state index < -0.39 is 11.7 Å². The molecule has 1 heterocycles. The van der Waals surface area contributed by atoms with Crippen LogP contribution < -0.4 is 5.73 Å². The molecule has 1 aromatic carbocycles. The topological polar surface area (TPSA) is 38.9 Å². The number of nitrogens with zero attached hydrogens (tertiary/aromatic N) is 1. The van der Waals surface area contributed by atoms with Crippen molar-refractivity contribution < 1.29 is 13.2 Å². The third-order valence-corrected chi connectivity index (χ3v) is 2.77. The summed E-state index contributed by atoms with van der Waals surface area (Å²) in [6.07, 6.45) is -4.49. The molecule has 0 unspecified atom stereocenters. The van der Waals surface area contributed by atoms with Gasteiger partial charge in [-0.25, -0.2) is 4.98 Å². The van der Waals surface area contributed by atoms with Gasteiger partial charge in [0.25, 0.3) is 0 Å². The average Bonchev–Trinajstić information content (AvgIpc) is 2.25. The first-order valence-corrected chi connectivity index (χ1v) is 5.82. The zero-order chi connectivity index (χ0) is 14.2. The van der Waals surface area contributed by atoms with Crippen molar-refractivity contribution in [3.05, 3.63) is 45.9 Å². The van der Waals surface area contributed by atoms with Gasteiger partial charge >= 0.3 is 6.18 Å². The standard InChI is InChI=1S/C12H7Cl2F3N2/c13-8-1-6(2-9(14)5-8)10-3-7(12(15,16)17)4-11(18)19-10/h1-5H,(H2,18,19). The third kappa shape index (κ3) is 3.30. The lowest BCUT2D eigenvalue weighted by atomic mass is 10.1. The molecule has 0 aliphatic carbocycles. The molecule has 0 aliphatic heterocycles. The van der Waals surface area contributed by atoms with Gasteiger partial charge < -0.3 is 5.73 Å². The Morgan fingerprint density at radius 1 is 0.947 bits per heavy atom. The van der Waals surface area contributed by atoms with Crippen molar-refractivity contribution in [1.82, 2.24) is 4.98 Å². The largest absolute Gasteiger partial charge is 0.416 e. The first kappa shape index (κ1) is 14.0. The summed E-state index contributed by atoms with van der Waals surface area (Å²) < 4.78 is 38.1. The lowest BCUT2D eigenvalue weighted by Gasteiger charge is -2.10. The van der Waals surface area contributed by atoms with E-state index in [4.69, 9.17) is 28.9 Å². The minimum Gasteiger partial charge on any atom is -0.384 e. The summed E-state index contributed by atoms with van der Waals surface area (Å²) in [4.78, 5) is 3.86. The lowest BCUT2D eigenvalue weighted by Crippen LogP contribution is -2.07. The van der Waals surface area contributed by atoms with Gasteiger partial charge in [-0.05, 0) is 30.3 Å². The number of benzene rings is 1. The Bertz CT molecular complexity index is 607. The molecule has 0 radical (unpaired) electrons. The molecular weight excluding hydrogens is 300 g/mol. The Labute approximate surface area is 117 Å². The number of rotatable bonds is 1. The smallest absolute Gasteiger partial charge is 0.384 e. The molecule has 0 spiro atoms. The molecule has 0 atom stereocenters. The summed E-state index contributed by atoms with van der Waals surface area (Å²) in [5.41, 5.74) is 4.96. The van der Waals surface area contributed by atoms with Crippen molar-refractivity contribution in [2.45, 2.75) is 6.18 Å². The Balaban J connectivity index is 2.59. The van der Waals surface area contributed by atoms with E-state index in [-0.39, 0.29) is 11.5 Å². The van der Waals surface area contributed by atoms with E-state index in [9.17, 15) is 13.2 Å². The highest BCUT2D eigenvalue weighted by atomic mass is 35.5. The van der Waals surface area contributed by atoms with Crippen LogP contribution in [0.15, 0.2) is 30.3 Å². The first-order chi connectivity index (χ1) is 8.75. The molecule has 0 saturated heterocycles. The summed E-state index contributed by atoms with van der Waals surface area (Å²) in [7, 11) is 0. The zero-order valence-corrected chi connectivity index (χ0v) is 10.8. The minimum atomic E-state index is -4.49. The van der Waals surface area contributed by atoms with E-state index in [0.717, 1.165) is 12.1 Å². The Morgan fingerprint density at radius 2 is 1.53 bits per heavy atom. The van der Waals surface area contributed by atoms with Crippen LogP contribution >= 0.6 is 23.2 Å². The number of nitrogen functional groups attached to an aromatic ring is 1. The van der Waals surface area contributed by atoms with E-state index in [1.807, 2.05) is 0 Å². The molecular formula is C12H7Cl2F3N2. The summed E-state index contributed by atoms with van der Waals surface area (Å²) in [6.45, 7) is 0. The second-order valence-corrected chi connectivity index (χ2v) is 4.69. The van der Waals surface area contributed by atoms with Gasteiger partial charge in [0.1, 0.15) is 5.82 Å². The van der Waals surface area contributed by atoms with Gasteiger partial charge in [-0.2, -0.15) is 13.2 Å². The summed E-state index contributed by atoms with van der Waals surface area (Å²) in [6, 6.07) is 6.09. The SMILES string of the molecule is Nc1cc(C(F)(F)F)cc(-c2cc(Cl)cc(Cl)c2)n1. The van der Waals surface area contributed by atoms with Crippen LogP contribution in [0.25, 0.3) is 11.3 Å². The maximum atomic E-state index is 12.7. The highest BCUT2D eigenvalue weighted by molar-refractivity contribution is 6.35. The fourth-order valence-corrected chi connectivity index (χ4v) is 2.09. The van der Waals surface area contributed by atoms with Crippen LogP contribution in [0.5, 0.6) is 0 Å². The number of hydrogen-bond donors (Lipinski definition) is 1. The number of halogens is 5. The predicted molar refractivity (Wildman–Crippen MR) is 69.1 cm³/mol. The van der Waals surface area contributed by atoms with Gasteiger partial charge in [0.2, 0.25) is 0 Å². The number of aromatic nitrogens is 1. The first-order valence-electron chi connectivity index (χ1n) is 5.07. The van der Waals surface area contributed by atoms with E-state index >= 15 is 0 Å². The van der Waals surface area contributed by atoms with Gasteiger partial charge in [-0.3, -0.25) is 0 Å². The van der Waals surface area contributed by atoms with Crippen molar-refractivity contribution in [2.75, 3.05) is 5.73 Å². The van der Waals surface area contributed by atoms with Crippen LogP contribution in [0.4, 0.5) is 19.0 Å². The van der Waals surface area contributed by atoms with Crippen LogP contribution in [0.2, 0.25) is 10.0 Å². The van der Waals surface area contributed by atoms with Crippen molar-refractivity contribution in [2.24, 2.45) is 0 Å². The maximum Gasteiger partial charge on any atom is 0.416 e. The summed E-state index contributed by atoms with van der Waals surface area (Å²) in [5.74, 6) is -0.221. The van der Waals surface area contributed by atoms with Crippen LogP contribution in [0.3, 0.4) is 0 Å². The average molecular weight is 307 g/mol. The highest BCUT2D eigenvalue weighted by Crippen LogP contribution is 2.34. The fraction of sp³-hybridized carbons (Fsp3) is 0.0833. The predicted octanol–water partition coefficient (Wildman–Crippen LogP) is 4.66. The second-order valence-electron chi connectivity index (χ2n) is 3.82. The highest BCUT2D eigenvalue weighted by Gasteiger charge is 2.31. The fourth-order valence-electron chi connectivity index (χ4n) is 1.57. The monoisotopic (exact) mass is 306 g/mol. The molecule has 2 nitrogen and oxygen atoms in total. The van der Waals surface area contributed by atoms with Crippen molar-refractivity contribution in [3.63, 3.8) is 0 Å². The number of hydrogen-bond acceptors (Lipinski definition) is 2. The number of alkyl halides is 3. The quantitative estimate of drug-likeness (QED) is 0.832. The molecule has 19 heavy (non-hydrogen) atoms. The molecule has 0 fully saturated rings. The van der Waals surface area contributed by atoms with E-state index in [1.54, 1.807) is 0 Å². The lowest BCUT2D eigenvalue weighted by molar-refractivity contribution is -0.137. The minimum absolute atomic E-state index is 0.0664. The van der Waals surface area contributed by atoms with Gasteiger partial charge in [-0.1, -0.05) is 23.2 Å². The number of nitrogens with two attached hydrogens (primary N) is 1. The molecule has 2 rings (SSSR count). The van der Waals surface area contributed by atoms with Crippen molar-refractivity contribution in [3.8, 4) is 11.3 Å². The van der Waals surface area contributed by atoms with E-state index in [2.05, 4.69) is 4.98 Å². The molecule has 1 aromatic heterocycles. The Morgan fingerprint density at radius 3 is 2.05 bits per heavy atom. The summed E-state index contributed by atoms with van der Waals surface area (Å²) in [5, 5.41) is 0.612. The molecule has 0 amide bonds. The van der Waals surface area contributed by atoms with Gasteiger partial charge in [0.15, 0.2) is 0 Å². The molecule has 0 aliphatic rings. The van der Waals surface area contributed by atoms with Crippen LogP contribution in [0.1, 0.15) is 5.56 Å². The van der Waals surface area contributed by atoms with Gasteiger partial charge in [-0.15, -0.1) is 0 Å². The van der Waals surface area contributed by atoms with E-state index in [1.165, 1.54) is 18.2 Å². The zero-order valence-electron chi connectivity index (χ0n) is 9.30. The van der Waals surface area contributed by atoms with Crippen molar-refractivity contribution >= 4 is 29.0 Å². The van der Waals surface area contributed by atoms with Crippen LogP contribution in [-0.4, -0.2) is 4.98 Å². The Kier molecular flexibility index (Phi) is 3.60. The molecule has 100 valence electrons. The number of pyridine rings is 1. The third-order valence-electron chi connectivity index (χ3n) is 2.33. The molecule has 2 aromatic rings. The molecule has 0 bridgehead atoms. The van der Waals surface area contributed by atoms with E-state index in [0.29, 0.717) is 15.6 Å².